The third kappa shape index (κ3) is 2.44. The molecular weight excluding hydrogens is 302 g/mol. The zero-order valence-electron chi connectivity index (χ0n) is 12.1. The van der Waals surface area contributed by atoms with Crippen LogP contribution in [-0.4, -0.2) is 40.3 Å². The van der Waals surface area contributed by atoms with Gasteiger partial charge in [-0.25, -0.2) is 4.79 Å². The SMILES string of the molecule is CN1C(=O)N=C(Cc2c([N+](=O)[O-])ccc3c2C=CC(=O)C3)C1=O. The van der Waals surface area contributed by atoms with Gasteiger partial charge in [0.25, 0.3) is 11.6 Å². The Hall–Kier alpha value is -3.16. The molecule has 0 spiro atoms. The molecule has 23 heavy (non-hydrogen) atoms. The molecule has 0 bridgehead atoms. The summed E-state index contributed by atoms with van der Waals surface area (Å²) < 4.78 is 0. The Morgan fingerprint density at radius 3 is 2.61 bits per heavy atom. The van der Waals surface area contributed by atoms with Gasteiger partial charge in [-0.2, -0.15) is 4.99 Å². The number of nitro groups is 1. The molecule has 1 aromatic carbocycles. The van der Waals surface area contributed by atoms with E-state index in [1.165, 1.54) is 31.3 Å². The first kappa shape index (κ1) is 14.8. The number of allylic oxidation sites excluding steroid dienone is 1. The van der Waals surface area contributed by atoms with Gasteiger partial charge in [0.15, 0.2) is 5.78 Å². The number of aliphatic imine (C=N–C) groups is 1. The summed E-state index contributed by atoms with van der Waals surface area (Å²) in [6.45, 7) is 0. The lowest BCUT2D eigenvalue weighted by Gasteiger charge is -2.14. The van der Waals surface area contributed by atoms with Gasteiger partial charge in [-0.3, -0.25) is 24.6 Å². The number of hydrogen-bond acceptors (Lipinski definition) is 5. The predicted molar refractivity (Wildman–Crippen MR) is 80.1 cm³/mol. The van der Waals surface area contributed by atoms with E-state index < -0.39 is 16.9 Å². The molecule has 0 saturated heterocycles. The zero-order valence-corrected chi connectivity index (χ0v) is 12.1. The lowest BCUT2D eigenvalue weighted by atomic mass is 9.89. The summed E-state index contributed by atoms with van der Waals surface area (Å²) in [5.74, 6) is -0.667. The maximum Gasteiger partial charge on any atom is 0.350 e. The van der Waals surface area contributed by atoms with E-state index in [-0.39, 0.29) is 35.6 Å². The summed E-state index contributed by atoms with van der Waals surface area (Å²) in [4.78, 5) is 50.1. The lowest BCUT2D eigenvalue weighted by molar-refractivity contribution is -0.385. The number of nitrogens with zero attached hydrogens (tertiary/aromatic N) is 3. The molecule has 3 rings (SSSR count). The summed E-state index contributed by atoms with van der Waals surface area (Å²) in [6, 6.07) is 2.16. The highest BCUT2D eigenvalue weighted by Gasteiger charge is 2.32. The molecule has 0 saturated carbocycles. The van der Waals surface area contributed by atoms with Crippen molar-refractivity contribution in [1.29, 1.82) is 0 Å². The molecule has 8 nitrogen and oxygen atoms in total. The molecule has 3 amide bonds. The van der Waals surface area contributed by atoms with Crippen LogP contribution in [0.4, 0.5) is 10.5 Å². The van der Waals surface area contributed by atoms with E-state index in [2.05, 4.69) is 4.99 Å². The van der Waals surface area contributed by atoms with Gasteiger partial charge >= 0.3 is 6.03 Å². The van der Waals surface area contributed by atoms with Crippen LogP contribution >= 0.6 is 0 Å². The Labute approximate surface area is 130 Å². The molecular formula is C15H11N3O5. The van der Waals surface area contributed by atoms with Gasteiger partial charge in [-0.05, 0) is 17.2 Å². The number of benzene rings is 1. The van der Waals surface area contributed by atoms with E-state index in [1.54, 1.807) is 0 Å². The van der Waals surface area contributed by atoms with E-state index in [0.717, 1.165) is 4.90 Å². The van der Waals surface area contributed by atoms with E-state index >= 15 is 0 Å². The number of rotatable bonds is 3. The van der Waals surface area contributed by atoms with Crippen LogP contribution in [0.15, 0.2) is 23.2 Å². The van der Waals surface area contributed by atoms with E-state index in [0.29, 0.717) is 11.1 Å². The Morgan fingerprint density at radius 2 is 2.00 bits per heavy atom. The number of urea groups is 1. The number of hydrogen-bond donors (Lipinski definition) is 0. The molecule has 8 heteroatoms. The fraction of sp³-hybridized carbons (Fsp3) is 0.200. The second-order valence-electron chi connectivity index (χ2n) is 5.25. The molecule has 1 aromatic rings. The molecule has 116 valence electrons. The number of ketones is 1. The lowest BCUT2D eigenvalue weighted by Crippen LogP contribution is -2.29. The number of carbonyl (C=O) groups excluding carboxylic acids is 3. The van der Waals surface area contributed by atoms with Crippen LogP contribution in [0.5, 0.6) is 0 Å². The highest BCUT2D eigenvalue weighted by Crippen LogP contribution is 2.30. The Kier molecular flexibility index (Phi) is 3.36. The Balaban J connectivity index is 2.10. The second-order valence-corrected chi connectivity index (χ2v) is 5.25. The molecule has 2 aliphatic rings. The number of nitro benzene ring substituents is 1. The highest BCUT2D eigenvalue weighted by molar-refractivity contribution is 6.46. The molecule has 0 radical (unpaired) electrons. The minimum Gasteiger partial charge on any atom is -0.294 e. The molecule has 0 unspecified atom stereocenters. The average molecular weight is 313 g/mol. The van der Waals surface area contributed by atoms with Crippen molar-refractivity contribution in [2.24, 2.45) is 4.99 Å². The zero-order chi connectivity index (χ0) is 16.7. The van der Waals surface area contributed by atoms with Crippen LogP contribution in [0.1, 0.15) is 16.7 Å². The second kappa shape index (κ2) is 5.24. The first-order valence-corrected chi connectivity index (χ1v) is 6.78. The number of fused-ring (bicyclic) bond motifs is 1. The van der Waals surface area contributed by atoms with Crippen LogP contribution < -0.4 is 0 Å². The fourth-order valence-corrected chi connectivity index (χ4v) is 2.64. The van der Waals surface area contributed by atoms with Crippen LogP contribution in [0.3, 0.4) is 0 Å². The summed E-state index contributed by atoms with van der Waals surface area (Å²) in [7, 11) is 1.30. The monoisotopic (exact) mass is 313 g/mol. The van der Waals surface area contributed by atoms with Crippen molar-refractivity contribution in [3.63, 3.8) is 0 Å². The molecule has 1 heterocycles. The number of amides is 3. The normalized spacial score (nSPS) is 16.7. The molecule has 0 N–H and O–H groups in total. The standard InChI is InChI=1S/C15H11N3O5/c1-17-14(20)12(16-15(17)21)7-11-10-4-3-9(19)6-8(10)2-5-13(11)18(22)23/h2-5H,6-7H2,1H3. The fourth-order valence-electron chi connectivity index (χ4n) is 2.64. The van der Waals surface area contributed by atoms with Crippen LogP contribution in [0.2, 0.25) is 0 Å². The highest BCUT2D eigenvalue weighted by atomic mass is 16.6. The van der Waals surface area contributed by atoms with E-state index in [1.807, 2.05) is 0 Å². The van der Waals surface area contributed by atoms with Crippen LogP contribution in [0, 0.1) is 10.1 Å². The van der Waals surface area contributed by atoms with Crippen molar-refractivity contribution in [2.45, 2.75) is 12.8 Å². The Morgan fingerprint density at radius 1 is 1.26 bits per heavy atom. The largest absolute Gasteiger partial charge is 0.350 e. The summed E-state index contributed by atoms with van der Waals surface area (Å²) in [6.07, 6.45) is 2.88. The maximum absolute atomic E-state index is 12.0. The van der Waals surface area contributed by atoms with Gasteiger partial charge in [-0.15, -0.1) is 0 Å². The van der Waals surface area contributed by atoms with Gasteiger partial charge in [0, 0.05) is 31.5 Å². The van der Waals surface area contributed by atoms with Crippen LogP contribution in [-0.2, 0) is 22.4 Å². The molecule has 1 aliphatic carbocycles. The van der Waals surface area contributed by atoms with Crippen molar-refractivity contribution in [2.75, 3.05) is 7.05 Å². The summed E-state index contributed by atoms with van der Waals surface area (Å²) >= 11 is 0. The third-order valence-electron chi connectivity index (χ3n) is 3.83. The minimum atomic E-state index is -0.692. The quantitative estimate of drug-likeness (QED) is 0.617. The maximum atomic E-state index is 12.0. The topological polar surface area (TPSA) is 110 Å². The molecule has 1 aliphatic heterocycles. The van der Waals surface area contributed by atoms with Crippen molar-refractivity contribution in [3.8, 4) is 0 Å². The van der Waals surface area contributed by atoms with Crippen molar-refractivity contribution >= 4 is 35.2 Å². The first-order valence-electron chi connectivity index (χ1n) is 6.78. The number of carbonyl (C=O) groups is 3. The van der Waals surface area contributed by atoms with Gasteiger partial charge in [-0.1, -0.05) is 12.1 Å². The smallest absolute Gasteiger partial charge is 0.294 e. The van der Waals surface area contributed by atoms with Gasteiger partial charge in [0.1, 0.15) is 5.71 Å². The summed E-state index contributed by atoms with van der Waals surface area (Å²) in [5.41, 5.74) is 1.27. The number of imide groups is 1. The van der Waals surface area contributed by atoms with Crippen molar-refractivity contribution in [1.82, 2.24) is 4.90 Å². The van der Waals surface area contributed by atoms with E-state index in [9.17, 15) is 24.5 Å². The Bertz CT molecular complexity index is 838. The van der Waals surface area contributed by atoms with Crippen molar-refractivity contribution < 1.29 is 19.3 Å². The van der Waals surface area contributed by atoms with Crippen molar-refractivity contribution in [3.05, 3.63) is 45.0 Å². The summed E-state index contributed by atoms with van der Waals surface area (Å²) in [5, 5.41) is 11.3. The van der Waals surface area contributed by atoms with E-state index in [4.69, 9.17) is 0 Å². The third-order valence-corrected chi connectivity index (χ3v) is 3.83. The molecule has 0 fully saturated rings. The van der Waals surface area contributed by atoms with Gasteiger partial charge in [0.2, 0.25) is 0 Å². The molecule has 0 aromatic heterocycles. The van der Waals surface area contributed by atoms with Gasteiger partial charge in [0.05, 0.1) is 4.92 Å². The first-order chi connectivity index (χ1) is 10.9. The van der Waals surface area contributed by atoms with Gasteiger partial charge < -0.3 is 0 Å². The minimum absolute atomic E-state index is 0.0423. The average Bonchev–Trinajstić information content (AvgIpc) is 2.74. The molecule has 0 atom stereocenters. The van der Waals surface area contributed by atoms with Crippen LogP contribution in [0.25, 0.3) is 6.08 Å². The predicted octanol–water partition coefficient (Wildman–Crippen LogP) is 1.31.